The average molecular weight is 437 g/mol. The van der Waals surface area contributed by atoms with E-state index < -0.39 is 6.36 Å². The molecule has 1 aromatic rings. The zero-order chi connectivity index (χ0) is 22.6. The van der Waals surface area contributed by atoms with Crippen molar-refractivity contribution in [2.75, 3.05) is 26.2 Å². The Morgan fingerprint density at radius 2 is 1.68 bits per heavy atom. The van der Waals surface area contributed by atoms with Gasteiger partial charge in [-0.05, 0) is 73.9 Å². The number of aliphatic hydroxyl groups excluding tert-OH is 1. The van der Waals surface area contributed by atoms with Gasteiger partial charge >= 0.3 is 12.4 Å². The van der Waals surface area contributed by atoms with Crippen LogP contribution in [-0.2, 0) is 0 Å². The Balaban J connectivity index is 1.60. The van der Waals surface area contributed by atoms with E-state index in [1.807, 2.05) is 4.90 Å². The molecule has 9 heteroatoms. The minimum absolute atomic E-state index is 0.0183. The summed E-state index contributed by atoms with van der Waals surface area (Å²) in [6.07, 6.45) is -2.47. The summed E-state index contributed by atoms with van der Waals surface area (Å²) in [6.45, 7) is 4.02. The van der Waals surface area contributed by atoms with Gasteiger partial charge in [0.05, 0.1) is 17.7 Å². The predicted molar refractivity (Wildman–Crippen MR) is 108 cm³/mol. The molecule has 31 heavy (non-hydrogen) atoms. The van der Waals surface area contributed by atoms with E-state index in [2.05, 4.69) is 10.8 Å². The summed E-state index contributed by atoms with van der Waals surface area (Å²) >= 11 is 0. The van der Waals surface area contributed by atoms with Crippen LogP contribution in [0.15, 0.2) is 29.8 Å². The topological polar surface area (TPSA) is 76.8 Å². The highest BCUT2D eigenvalue weighted by atomic mass is 19.4. The largest absolute Gasteiger partial charge is 0.573 e. The van der Waals surface area contributed by atoms with Crippen LogP contribution in [0, 0.1) is 17.2 Å². The molecule has 168 valence electrons. The van der Waals surface area contributed by atoms with Crippen molar-refractivity contribution in [3.63, 3.8) is 0 Å². The minimum atomic E-state index is -4.76. The molecule has 2 aliphatic heterocycles. The van der Waals surface area contributed by atoms with Crippen LogP contribution < -0.4 is 4.74 Å². The number of carbonyl (C=O) groups is 1. The van der Waals surface area contributed by atoms with E-state index in [1.165, 1.54) is 24.3 Å². The number of carbonyl (C=O) groups excluding carboxylic acids is 1. The predicted octanol–water partition coefficient (Wildman–Crippen LogP) is 4.17. The highest BCUT2D eigenvalue weighted by Gasteiger charge is 2.31. The number of nitrogens with zero attached hydrogens (tertiary/aromatic N) is 3. The number of halogens is 3. The number of hydrogen-bond acceptors (Lipinski definition) is 4. The lowest BCUT2D eigenvalue weighted by Crippen LogP contribution is -2.49. The first-order valence-electron chi connectivity index (χ1n) is 10.4. The molecule has 0 saturated carbocycles. The second kappa shape index (κ2) is 9.60. The molecule has 0 aromatic heterocycles. The van der Waals surface area contributed by atoms with Crippen molar-refractivity contribution in [1.29, 1.82) is 5.26 Å². The molecule has 6 nitrogen and oxygen atoms in total. The van der Waals surface area contributed by atoms with Crippen LogP contribution in [0.2, 0.25) is 0 Å². The molecular weight excluding hydrogens is 411 g/mol. The smallest absolute Gasteiger partial charge is 0.406 e. The third kappa shape index (κ3) is 5.91. The second-order valence-electron chi connectivity index (χ2n) is 8.00. The first-order valence-corrected chi connectivity index (χ1v) is 10.4. The van der Waals surface area contributed by atoms with Crippen LogP contribution in [0.4, 0.5) is 18.0 Å². The van der Waals surface area contributed by atoms with Crippen LogP contribution in [-0.4, -0.2) is 59.6 Å². The molecular formula is C22H26F3N3O3. The van der Waals surface area contributed by atoms with Crippen LogP contribution in [0.3, 0.4) is 0 Å². The molecule has 2 heterocycles. The normalized spacial score (nSPS) is 19.0. The van der Waals surface area contributed by atoms with Crippen LogP contribution in [0.5, 0.6) is 5.75 Å². The Hall–Kier alpha value is -2.73. The summed E-state index contributed by atoms with van der Waals surface area (Å²) in [5, 5.41) is 19.3. The maximum absolute atomic E-state index is 12.8. The van der Waals surface area contributed by atoms with Gasteiger partial charge in [0, 0.05) is 26.2 Å². The van der Waals surface area contributed by atoms with Gasteiger partial charge in [0.1, 0.15) is 5.75 Å². The molecule has 3 rings (SSSR count). The summed E-state index contributed by atoms with van der Waals surface area (Å²) in [7, 11) is 0. The number of urea groups is 1. The van der Waals surface area contributed by atoms with Gasteiger partial charge in [-0.2, -0.15) is 5.26 Å². The number of piperidine rings is 2. The summed E-state index contributed by atoms with van der Waals surface area (Å²) in [5.74, 6) is -0.107. The highest BCUT2D eigenvalue weighted by molar-refractivity contribution is 5.80. The van der Waals surface area contributed by atoms with E-state index in [0.29, 0.717) is 50.2 Å². The molecule has 2 fully saturated rings. The average Bonchev–Trinajstić information content (AvgIpc) is 2.74. The molecule has 2 saturated heterocycles. The number of nitriles is 1. The molecule has 0 spiro atoms. The number of allylic oxidation sites excluding steroid dienone is 1. The lowest BCUT2D eigenvalue weighted by Gasteiger charge is -2.38. The monoisotopic (exact) mass is 437 g/mol. The summed E-state index contributed by atoms with van der Waals surface area (Å²) in [4.78, 5) is 16.4. The molecule has 1 aromatic carbocycles. The minimum Gasteiger partial charge on any atom is -0.406 e. The number of benzene rings is 1. The van der Waals surface area contributed by atoms with Crippen LogP contribution in [0.1, 0.15) is 38.2 Å². The molecule has 1 N–H and O–H groups in total. The molecule has 2 amide bonds. The van der Waals surface area contributed by atoms with Gasteiger partial charge < -0.3 is 19.6 Å². The first kappa shape index (κ1) is 22.9. The molecule has 0 aliphatic carbocycles. The van der Waals surface area contributed by atoms with Crippen molar-refractivity contribution in [1.82, 2.24) is 9.80 Å². The standard InChI is InChI=1S/C22H26F3N3O3/c1-15(29)16-6-10-27(11-7-16)21(30)28-12-8-18(9-13-28)20(14-26)17-2-4-19(5-3-17)31-22(23,24)25/h2-5,15-16,29H,6-13H2,1H3. The fourth-order valence-corrected chi connectivity index (χ4v) is 4.16. The maximum Gasteiger partial charge on any atom is 0.573 e. The van der Waals surface area contributed by atoms with Gasteiger partial charge in [0.2, 0.25) is 0 Å². The zero-order valence-electron chi connectivity index (χ0n) is 17.4. The molecule has 1 unspecified atom stereocenters. The number of rotatable bonds is 3. The Kier molecular flexibility index (Phi) is 7.11. The van der Waals surface area contributed by atoms with Crippen molar-refractivity contribution >= 4 is 11.6 Å². The Bertz CT molecular complexity index is 841. The van der Waals surface area contributed by atoms with Gasteiger partial charge in [0.25, 0.3) is 0 Å². The van der Waals surface area contributed by atoms with Gasteiger partial charge in [-0.1, -0.05) is 0 Å². The van der Waals surface area contributed by atoms with Gasteiger partial charge in [-0.15, -0.1) is 13.2 Å². The van der Waals surface area contributed by atoms with Gasteiger partial charge in [-0.25, -0.2) is 4.79 Å². The van der Waals surface area contributed by atoms with Crippen molar-refractivity contribution in [2.24, 2.45) is 5.92 Å². The van der Waals surface area contributed by atoms with Crippen molar-refractivity contribution in [3.05, 3.63) is 35.4 Å². The third-order valence-electron chi connectivity index (χ3n) is 5.97. The molecule has 0 bridgehead atoms. The quantitative estimate of drug-likeness (QED) is 0.720. The Morgan fingerprint density at radius 1 is 1.13 bits per heavy atom. The maximum atomic E-state index is 12.8. The molecule has 0 radical (unpaired) electrons. The van der Waals surface area contributed by atoms with E-state index in [-0.39, 0.29) is 23.8 Å². The Morgan fingerprint density at radius 3 is 2.16 bits per heavy atom. The van der Waals surface area contributed by atoms with E-state index in [9.17, 15) is 28.3 Å². The SMILES string of the molecule is CC(O)C1CCN(C(=O)N2CCC(=C(C#N)c3ccc(OC(F)(F)F)cc3)CC2)CC1. The third-order valence-corrected chi connectivity index (χ3v) is 5.97. The highest BCUT2D eigenvalue weighted by Crippen LogP contribution is 2.30. The van der Waals surface area contributed by atoms with Crippen molar-refractivity contribution in [2.45, 2.75) is 45.1 Å². The van der Waals surface area contributed by atoms with E-state index >= 15 is 0 Å². The summed E-state index contributed by atoms with van der Waals surface area (Å²) < 4.78 is 40.8. The second-order valence-corrected chi connectivity index (χ2v) is 8.00. The van der Waals surface area contributed by atoms with Crippen LogP contribution in [0.25, 0.3) is 5.57 Å². The fourth-order valence-electron chi connectivity index (χ4n) is 4.16. The number of aliphatic hydroxyl groups is 1. The fraction of sp³-hybridized carbons (Fsp3) is 0.545. The van der Waals surface area contributed by atoms with Crippen LogP contribution >= 0.6 is 0 Å². The molecule has 1 atom stereocenters. The van der Waals surface area contributed by atoms with Gasteiger partial charge in [0.15, 0.2) is 0 Å². The lowest BCUT2D eigenvalue weighted by molar-refractivity contribution is -0.274. The summed E-state index contributed by atoms with van der Waals surface area (Å²) in [6, 6.07) is 7.40. The first-order chi connectivity index (χ1) is 14.7. The van der Waals surface area contributed by atoms with Crippen molar-refractivity contribution in [3.8, 4) is 11.8 Å². The number of hydrogen-bond donors (Lipinski definition) is 1. The molecule has 2 aliphatic rings. The summed E-state index contributed by atoms with van der Waals surface area (Å²) in [5.41, 5.74) is 1.86. The number of ether oxygens (including phenoxy) is 1. The number of likely N-dealkylation sites (tertiary alicyclic amines) is 2. The van der Waals surface area contributed by atoms with E-state index in [4.69, 9.17) is 0 Å². The number of amides is 2. The Labute approximate surface area is 179 Å². The lowest BCUT2D eigenvalue weighted by atomic mass is 9.92. The zero-order valence-corrected chi connectivity index (χ0v) is 17.4. The van der Waals surface area contributed by atoms with E-state index in [1.54, 1.807) is 11.8 Å². The number of alkyl halides is 3. The van der Waals surface area contributed by atoms with Gasteiger partial charge in [-0.3, -0.25) is 0 Å². The van der Waals surface area contributed by atoms with Crippen molar-refractivity contribution < 1.29 is 27.8 Å². The van der Waals surface area contributed by atoms with E-state index in [0.717, 1.165) is 18.4 Å².